The summed E-state index contributed by atoms with van der Waals surface area (Å²) in [6.45, 7) is 7.22. The number of fused-ring (bicyclic) bond motifs is 3. The summed E-state index contributed by atoms with van der Waals surface area (Å²) in [7, 11) is 0. The number of hydrogen-bond acceptors (Lipinski definition) is 0. The predicted octanol–water partition coefficient (Wildman–Crippen LogP) is 4.93. The predicted molar refractivity (Wildman–Crippen MR) is 78.3 cm³/mol. The zero-order chi connectivity index (χ0) is 13.0. The Kier molecular flexibility index (Phi) is 2.79. The summed E-state index contributed by atoms with van der Waals surface area (Å²) in [4.78, 5) is 0. The molecule has 0 saturated heterocycles. The van der Waals surface area contributed by atoms with Gasteiger partial charge in [0.05, 0.1) is 0 Å². The van der Waals surface area contributed by atoms with Crippen LogP contribution in [0.1, 0.15) is 51.2 Å². The fourth-order valence-corrected chi connectivity index (χ4v) is 4.88. The van der Waals surface area contributed by atoms with Crippen molar-refractivity contribution in [2.24, 2.45) is 11.3 Å². The summed E-state index contributed by atoms with van der Waals surface area (Å²) in [5.74, 6) is 0.719. The second-order valence-electron chi connectivity index (χ2n) is 6.99. The molecule has 1 aromatic carbocycles. The Bertz CT molecular complexity index is 462. The van der Waals surface area contributed by atoms with Gasteiger partial charge < -0.3 is 0 Å². The molecule has 0 amide bonds. The van der Waals surface area contributed by atoms with Crippen LogP contribution in [0.25, 0.3) is 0 Å². The van der Waals surface area contributed by atoms with Crippen LogP contribution in [0, 0.1) is 11.3 Å². The summed E-state index contributed by atoms with van der Waals surface area (Å²) in [5, 5.41) is 0.334. The van der Waals surface area contributed by atoms with Crippen molar-refractivity contribution in [2.75, 3.05) is 0 Å². The van der Waals surface area contributed by atoms with Crippen LogP contribution in [0.2, 0.25) is 0 Å². The lowest BCUT2D eigenvalue weighted by molar-refractivity contribution is 0.0449. The first-order valence-electron chi connectivity index (χ1n) is 7.19. The van der Waals surface area contributed by atoms with E-state index in [9.17, 15) is 0 Å². The van der Waals surface area contributed by atoms with Crippen LogP contribution in [-0.4, -0.2) is 5.38 Å². The van der Waals surface area contributed by atoms with E-state index in [-0.39, 0.29) is 5.41 Å². The molecule has 3 rings (SSSR count). The largest absolute Gasteiger partial charge is 0.122 e. The third-order valence-electron chi connectivity index (χ3n) is 5.73. The van der Waals surface area contributed by atoms with Gasteiger partial charge in [-0.25, -0.2) is 0 Å². The second kappa shape index (κ2) is 4.00. The fourth-order valence-electron chi connectivity index (χ4n) is 4.62. The van der Waals surface area contributed by atoms with Gasteiger partial charge in [0, 0.05) is 5.38 Å². The standard InChI is InChI=1S/C17H23Cl/c1-16(2)14-9-8-12-6-4-5-7-13(12)17(14,3)11-10-15(16)18/h4-7,14-15H,8-11H2,1-3H3/t14?,15?,17-/m1/s1. The zero-order valence-electron chi connectivity index (χ0n) is 11.7. The second-order valence-corrected chi connectivity index (χ2v) is 7.52. The normalized spacial score (nSPS) is 37.8. The molecule has 0 bridgehead atoms. The quantitative estimate of drug-likeness (QED) is 0.582. The third kappa shape index (κ3) is 1.58. The van der Waals surface area contributed by atoms with E-state index in [4.69, 9.17) is 11.6 Å². The number of halogens is 1. The Hall–Kier alpha value is -0.490. The molecule has 1 heteroatoms. The van der Waals surface area contributed by atoms with E-state index < -0.39 is 0 Å². The average Bonchev–Trinajstić information content (AvgIpc) is 2.35. The molecule has 0 aromatic heterocycles. The molecule has 1 saturated carbocycles. The van der Waals surface area contributed by atoms with Crippen molar-refractivity contribution in [3.63, 3.8) is 0 Å². The Labute approximate surface area is 116 Å². The van der Waals surface area contributed by atoms with E-state index in [1.165, 1.54) is 19.3 Å². The lowest BCUT2D eigenvalue weighted by Gasteiger charge is -2.56. The van der Waals surface area contributed by atoms with E-state index in [1.807, 2.05) is 0 Å². The SMILES string of the molecule is CC1(C)C(Cl)CC[C@]2(C)c3ccccc3CCC12. The van der Waals surface area contributed by atoms with E-state index in [2.05, 4.69) is 45.0 Å². The highest BCUT2D eigenvalue weighted by Crippen LogP contribution is 2.58. The van der Waals surface area contributed by atoms with Gasteiger partial charge >= 0.3 is 0 Å². The Morgan fingerprint density at radius 2 is 1.83 bits per heavy atom. The van der Waals surface area contributed by atoms with Gasteiger partial charge in [0.15, 0.2) is 0 Å². The monoisotopic (exact) mass is 262 g/mol. The maximum Gasteiger partial charge on any atom is 0.0390 e. The molecule has 0 spiro atoms. The first kappa shape index (κ1) is 12.5. The molecule has 2 aliphatic rings. The molecule has 2 unspecified atom stereocenters. The van der Waals surface area contributed by atoms with Gasteiger partial charge in [-0.3, -0.25) is 0 Å². The van der Waals surface area contributed by atoms with Crippen LogP contribution in [0.15, 0.2) is 24.3 Å². The molecule has 0 aliphatic heterocycles. The van der Waals surface area contributed by atoms with Crippen molar-refractivity contribution in [3.05, 3.63) is 35.4 Å². The van der Waals surface area contributed by atoms with Gasteiger partial charge in [0.1, 0.15) is 0 Å². The van der Waals surface area contributed by atoms with Crippen molar-refractivity contribution in [1.29, 1.82) is 0 Å². The molecule has 1 aromatic rings. The van der Waals surface area contributed by atoms with Crippen molar-refractivity contribution >= 4 is 11.6 Å². The van der Waals surface area contributed by atoms with Crippen LogP contribution >= 0.6 is 11.6 Å². The molecular weight excluding hydrogens is 240 g/mol. The van der Waals surface area contributed by atoms with Gasteiger partial charge in [-0.1, -0.05) is 45.0 Å². The zero-order valence-corrected chi connectivity index (χ0v) is 12.4. The average molecular weight is 263 g/mol. The van der Waals surface area contributed by atoms with Gasteiger partial charge in [-0.2, -0.15) is 0 Å². The molecule has 0 nitrogen and oxygen atoms in total. The first-order valence-corrected chi connectivity index (χ1v) is 7.62. The Balaban J connectivity index is 2.10. The number of benzene rings is 1. The maximum absolute atomic E-state index is 6.62. The molecular formula is C17H23Cl. The van der Waals surface area contributed by atoms with Gasteiger partial charge in [-0.05, 0) is 53.6 Å². The minimum absolute atomic E-state index is 0.252. The molecule has 0 heterocycles. The molecule has 0 radical (unpaired) electrons. The van der Waals surface area contributed by atoms with Crippen molar-refractivity contribution in [3.8, 4) is 0 Å². The Morgan fingerprint density at radius 3 is 2.61 bits per heavy atom. The highest BCUT2D eigenvalue weighted by Gasteiger charge is 2.52. The highest BCUT2D eigenvalue weighted by atomic mass is 35.5. The van der Waals surface area contributed by atoms with Crippen LogP contribution in [0.3, 0.4) is 0 Å². The van der Waals surface area contributed by atoms with E-state index in [0.29, 0.717) is 10.8 Å². The van der Waals surface area contributed by atoms with Crippen LogP contribution in [-0.2, 0) is 11.8 Å². The topological polar surface area (TPSA) is 0 Å². The number of rotatable bonds is 0. The summed E-state index contributed by atoms with van der Waals surface area (Å²) in [6.07, 6.45) is 4.91. The molecule has 98 valence electrons. The lowest BCUT2D eigenvalue weighted by atomic mass is 9.50. The van der Waals surface area contributed by atoms with Gasteiger partial charge in [0.25, 0.3) is 0 Å². The highest BCUT2D eigenvalue weighted by molar-refractivity contribution is 6.21. The van der Waals surface area contributed by atoms with E-state index in [0.717, 1.165) is 12.3 Å². The van der Waals surface area contributed by atoms with E-state index >= 15 is 0 Å². The molecule has 1 fully saturated rings. The minimum Gasteiger partial charge on any atom is -0.122 e. The summed E-state index contributed by atoms with van der Waals surface area (Å²) < 4.78 is 0. The number of hydrogen-bond donors (Lipinski definition) is 0. The lowest BCUT2D eigenvalue weighted by Crippen LogP contribution is -2.52. The molecule has 0 N–H and O–H groups in total. The third-order valence-corrected chi connectivity index (χ3v) is 6.51. The van der Waals surface area contributed by atoms with Crippen molar-refractivity contribution in [2.45, 2.75) is 57.2 Å². The smallest absolute Gasteiger partial charge is 0.0390 e. The van der Waals surface area contributed by atoms with Crippen LogP contribution in [0.4, 0.5) is 0 Å². The Morgan fingerprint density at radius 1 is 1.11 bits per heavy atom. The fraction of sp³-hybridized carbons (Fsp3) is 0.647. The van der Waals surface area contributed by atoms with Crippen molar-refractivity contribution < 1.29 is 0 Å². The molecule has 2 aliphatic carbocycles. The number of alkyl halides is 1. The van der Waals surface area contributed by atoms with Gasteiger partial charge in [-0.15, -0.1) is 11.6 Å². The first-order chi connectivity index (χ1) is 8.46. The van der Waals surface area contributed by atoms with Crippen molar-refractivity contribution in [1.82, 2.24) is 0 Å². The van der Waals surface area contributed by atoms with Crippen LogP contribution in [0.5, 0.6) is 0 Å². The van der Waals surface area contributed by atoms with Gasteiger partial charge in [0.2, 0.25) is 0 Å². The summed E-state index contributed by atoms with van der Waals surface area (Å²) >= 11 is 6.62. The maximum atomic E-state index is 6.62. The number of aryl methyl sites for hydroxylation is 1. The molecule has 18 heavy (non-hydrogen) atoms. The van der Waals surface area contributed by atoms with Crippen LogP contribution < -0.4 is 0 Å². The molecule has 3 atom stereocenters. The summed E-state index contributed by atoms with van der Waals surface area (Å²) in [5.41, 5.74) is 3.75. The van der Waals surface area contributed by atoms with E-state index in [1.54, 1.807) is 11.1 Å². The minimum atomic E-state index is 0.252. The summed E-state index contributed by atoms with van der Waals surface area (Å²) in [6, 6.07) is 9.05.